The van der Waals surface area contributed by atoms with Gasteiger partial charge in [0.1, 0.15) is 22.3 Å². The monoisotopic (exact) mass is 1220 g/mol. The third kappa shape index (κ3) is 8.32. The Labute approximate surface area is 554 Å². The van der Waals surface area contributed by atoms with Crippen LogP contribution in [0.3, 0.4) is 0 Å². The molecule has 6 heteroatoms. The van der Waals surface area contributed by atoms with Crippen molar-refractivity contribution >= 4 is 123 Å². The number of hydrogen-bond acceptors (Lipinski definition) is 4. The summed E-state index contributed by atoms with van der Waals surface area (Å²) in [6, 6.07) is 125. The molecule has 2 aliphatic heterocycles. The highest BCUT2D eigenvalue weighted by atomic mass is 16.3. The minimum atomic E-state index is -0.253. The lowest BCUT2D eigenvalue weighted by Gasteiger charge is -2.46. The van der Waals surface area contributed by atoms with Crippen LogP contribution in [-0.4, -0.2) is 11.3 Å². The van der Waals surface area contributed by atoms with Crippen LogP contribution < -0.4 is 26.2 Å². The number of rotatable bonds is 9. The highest BCUT2D eigenvalue weighted by Gasteiger charge is 2.46. The van der Waals surface area contributed by atoms with E-state index in [0.29, 0.717) is 0 Å². The second-order valence-electron chi connectivity index (χ2n) is 25.4. The predicted molar refractivity (Wildman–Crippen MR) is 402 cm³/mol. The van der Waals surface area contributed by atoms with Crippen LogP contribution in [0, 0.1) is 0 Å². The number of aromatic nitrogens is 1. The van der Waals surface area contributed by atoms with Gasteiger partial charge in [-0.05, 0) is 134 Å². The summed E-state index contributed by atoms with van der Waals surface area (Å²) in [4.78, 5) is 5.32. The van der Waals surface area contributed by atoms with Gasteiger partial charge < -0.3 is 23.2 Å². The highest BCUT2D eigenvalue weighted by molar-refractivity contribution is 7.00. The molecule has 18 aromatic rings. The van der Waals surface area contributed by atoms with Crippen LogP contribution >= 0.6 is 0 Å². The Hall–Kier alpha value is -12.6. The van der Waals surface area contributed by atoms with Gasteiger partial charge in [0.2, 0.25) is 0 Å². The van der Waals surface area contributed by atoms with E-state index in [-0.39, 0.29) is 6.71 Å². The molecule has 5 heterocycles. The summed E-state index contributed by atoms with van der Waals surface area (Å²) < 4.78 is 15.5. The second-order valence-corrected chi connectivity index (χ2v) is 25.4. The van der Waals surface area contributed by atoms with Crippen molar-refractivity contribution in [3.8, 4) is 72.4 Å². The van der Waals surface area contributed by atoms with E-state index in [2.05, 4.69) is 342 Å². The fraction of sp³-hybridized carbons (Fsp3) is 0. The Kier molecular flexibility index (Phi) is 12.1. The summed E-state index contributed by atoms with van der Waals surface area (Å²) in [5.74, 6) is 0. The van der Waals surface area contributed by atoms with Crippen molar-refractivity contribution in [1.82, 2.24) is 4.57 Å². The molecule has 20 rings (SSSR count). The van der Waals surface area contributed by atoms with Crippen LogP contribution in [0.25, 0.3) is 138 Å². The molecule has 2 aliphatic rings. The summed E-state index contributed by atoms with van der Waals surface area (Å²) >= 11 is 0. The van der Waals surface area contributed by atoms with E-state index >= 15 is 0 Å². The van der Waals surface area contributed by atoms with Gasteiger partial charge in [0.15, 0.2) is 0 Å². The number of para-hydroxylation sites is 6. The van der Waals surface area contributed by atoms with E-state index in [1.807, 2.05) is 12.1 Å². The average molecular weight is 1220 g/mol. The first-order valence-corrected chi connectivity index (χ1v) is 33.0. The van der Waals surface area contributed by atoms with Crippen molar-refractivity contribution in [2.45, 2.75) is 0 Å². The molecule has 0 saturated heterocycles. The third-order valence-corrected chi connectivity index (χ3v) is 20.2. The number of benzene rings is 15. The molecule has 0 atom stereocenters. The molecule has 0 unspecified atom stereocenters. The average Bonchev–Trinajstić information content (AvgIpc) is 0.696. The Balaban J connectivity index is 0.960. The first-order valence-electron chi connectivity index (χ1n) is 33.0. The summed E-state index contributed by atoms with van der Waals surface area (Å²) in [5.41, 5.74) is 30.4. The van der Waals surface area contributed by atoms with E-state index in [0.717, 1.165) is 161 Å². The van der Waals surface area contributed by atoms with Crippen molar-refractivity contribution in [1.29, 1.82) is 0 Å². The molecule has 0 fully saturated rings. The fourth-order valence-corrected chi connectivity index (χ4v) is 15.9. The van der Waals surface area contributed by atoms with Gasteiger partial charge in [-0.1, -0.05) is 267 Å². The van der Waals surface area contributed by atoms with Crippen LogP contribution in [0.1, 0.15) is 0 Å². The summed E-state index contributed by atoms with van der Waals surface area (Å²) in [6.45, 7) is -0.253. The van der Waals surface area contributed by atoms with Gasteiger partial charge >= 0.3 is 0 Å². The van der Waals surface area contributed by atoms with Crippen LogP contribution in [0.4, 0.5) is 34.1 Å². The van der Waals surface area contributed by atoms with E-state index in [4.69, 9.17) is 8.83 Å². The van der Waals surface area contributed by atoms with Gasteiger partial charge in [-0.3, -0.25) is 0 Å². The lowest BCUT2D eigenvalue weighted by atomic mass is 9.33. The van der Waals surface area contributed by atoms with Crippen LogP contribution in [0.15, 0.2) is 349 Å². The predicted octanol–water partition coefficient (Wildman–Crippen LogP) is 22.7. The Morgan fingerprint density at radius 1 is 0.229 bits per heavy atom. The van der Waals surface area contributed by atoms with E-state index in [1.165, 1.54) is 27.2 Å². The zero-order valence-electron chi connectivity index (χ0n) is 52.1. The highest BCUT2D eigenvalue weighted by Crippen LogP contribution is 2.54. The standard InChI is InChI=1S/C90H56BN3O2/c1-5-23-57(24-6-1)66-35-21-36-67(58-25-7-2-8-26-58)89(66)93-80-53-63(61-45-49-86-74(51-61)72-33-15-19-41-84(72)95-86)43-47-76(80)91-77-48-44-64(62-46-50-87-75(52-62)73-34-16-20-42-85(73)96-87)54-81(77)94(90-68(59-27-9-3-10-28-59)37-22-38-69(90)60-29-11-4-12-30-60)83-56-65(55-82(93)88(83)91)92-78-39-17-13-31-70(78)71-32-14-18-40-79(71)92/h1-56H. The molecule has 0 spiro atoms. The molecule has 0 radical (unpaired) electrons. The minimum absolute atomic E-state index is 0.253. The van der Waals surface area contributed by atoms with Gasteiger partial charge in [-0.25, -0.2) is 0 Å². The smallest absolute Gasteiger partial charge is 0.252 e. The Bertz CT molecular complexity index is 5680. The Morgan fingerprint density at radius 3 is 0.969 bits per heavy atom. The molecule has 3 aromatic heterocycles. The molecule has 0 amide bonds. The third-order valence-electron chi connectivity index (χ3n) is 20.2. The van der Waals surface area contributed by atoms with Gasteiger partial charge in [-0.15, -0.1) is 0 Å². The number of furan rings is 2. The van der Waals surface area contributed by atoms with Crippen molar-refractivity contribution in [3.63, 3.8) is 0 Å². The number of hydrogen-bond donors (Lipinski definition) is 0. The topological polar surface area (TPSA) is 37.7 Å². The van der Waals surface area contributed by atoms with E-state index in [1.54, 1.807) is 0 Å². The Morgan fingerprint density at radius 2 is 0.562 bits per heavy atom. The maximum absolute atomic E-state index is 6.49. The van der Waals surface area contributed by atoms with Crippen molar-refractivity contribution in [2.75, 3.05) is 9.80 Å². The van der Waals surface area contributed by atoms with E-state index in [9.17, 15) is 0 Å². The normalized spacial score (nSPS) is 12.5. The van der Waals surface area contributed by atoms with Gasteiger partial charge in [0.25, 0.3) is 6.71 Å². The van der Waals surface area contributed by atoms with Gasteiger partial charge in [0, 0.05) is 77.3 Å². The number of anilines is 6. The molecule has 0 aliphatic carbocycles. The molecule has 96 heavy (non-hydrogen) atoms. The fourth-order valence-electron chi connectivity index (χ4n) is 15.9. The van der Waals surface area contributed by atoms with E-state index < -0.39 is 0 Å². The van der Waals surface area contributed by atoms with Crippen LogP contribution in [0.2, 0.25) is 0 Å². The molecule has 15 aromatic carbocycles. The SMILES string of the molecule is c1ccc(-c2cccc(-c3ccccc3)c2N2c3cc(-c4ccc5oc6ccccc6c5c4)ccc3B3c4ccc(-c5ccc6oc7ccccc7c6c5)cc4N(c4c(-c5ccccc5)cccc4-c4ccccc4)c4cc(-n5c6ccccc6c6ccccc65)cc2c43)cc1. The molecule has 5 nitrogen and oxygen atoms in total. The number of nitrogens with zero attached hydrogens (tertiary/aromatic N) is 3. The molecule has 0 N–H and O–H groups in total. The zero-order chi connectivity index (χ0) is 63.0. The molecule has 0 saturated carbocycles. The first kappa shape index (κ1) is 54.0. The van der Waals surface area contributed by atoms with Gasteiger partial charge in [-0.2, -0.15) is 0 Å². The summed E-state index contributed by atoms with van der Waals surface area (Å²) in [5, 5.41) is 6.77. The molecular weight excluding hydrogens is 1170 g/mol. The maximum atomic E-state index is 6.49. The lowest BCUT2D eigenvalue weighted by molar-refractivity contribution is 0.668. The van der Waals surface area contributed by atoms with Crippen molar-refractivity contribution in [3.05, 3.63) is 340 Å². The van der Waals surface area contributed by atoms with Crippen molar-refractivity contribution in [2.24, 2.45) is 0 Å². The maximum Gasteiger partial charge on any atom is 0.252 e. The second kappa shape index (κ2) is 21.5. The molecule has 0 bridgehead atoms. The summed E-state index contributed by atoms with van der Waals surface area (Å²) in [6.07, 6.45) is 0. The minimum Gasteiger partial charge on any atom is -0.456 e. The largest absolute Gasteiger partial charge is 0.456 e. The van der Waals surface area contributed by atoms with Crippen molar-refractivity contribution < 1.29 is 8.83 Å². The van der Waals surface area contributed by atoms with Crippen LogP contribution in [0.5, 0.6) is 0 Å². The zero-order valence-corrected chi connectivity index (χ0v) is 52.1. The van der Waals surface area contributed by atoms with Gasteiger partial charge in [0.05, 0.1) is 28.1 Å². The molecule has 446 valence electrons. The first-order chi connectivity index (χ1) is 47.6. The quantitative estimate of drug-likeness (QED) is 0.135. The lowest BCUT2D eigenvalue weighted by Crippen LogP contribution is -2.61. The molecular formula is C90H56BN3O2. The number of fused-ring (bicyclic) bond motifs is 13. The summed E-state index contributed by atoms with van der Waals surface area (Å²) in [7, 11) is 0. The van der Waals surface area contributed by atoms with Crippen LogP contribution in [-0.2, 0) is 0 Å².